The van der Waals surface area contributed by atoms with Gasteiger partial charge in [-0.2, -0.15) is 0 Å². The molecule has 0 spiro atoms. The molecule has 2 rings (SSSR count). The van der Waals surface area contributed by atoms with Gasteiger partial charge in [-0.3, -0.25) is 0 Å². The molecule has 0 saturated carbocycles. The van der Waals surface area contributed by atoms with Crippen LogP contribution in [0.2, 0.25) is 0 Å². The Balaban J connectivity index is 2.55. The Morgan fingerprint density at radius 2 is 1.75 bits per heavy atom. The number of rotatable bonds is 3. The maximum Gasteiger partial charge on any atom is 0.269 e. The van der Waals surface area contributed by atoms with Crippen LogP contribution < -0.4 is 0 Å². The number of aliphatic hydroxyl groups excluding tert-OH is 1. The molecule has 0 fully saturated rings. The molecule has 0 amide bonds. The largest absolute Gasteiger partial charge is 0.505 e. The SMILES string of the molecule is Cc1cc(C(O)C(F)F)nc(-c2ccc(F)cc2)c1O. The highest BCUT2D eigenvalue weighted by atomic mass is 19.3. The van der Waals surface area contributed by atoms with Gasteiger partial charge in [0.2, 0.25) is 0 Å². The summed E-state index contributed by atoms with van der Waals surface area (Å²) in [4.78, 5) is 3.85. The van der Waals surface area contributed by atoms with Gasteiger partial charge >= 0.3 is 0 Å². The van der Waals surface area contributed by atoms with E-state index in [0.717, 1.165) is 0 Å². The minimum absolute atomic E-state index is 0.0275. The predicted molar refractivity (Wildman–Crippen MR) is 67.0 cm³/mol. The summed E-state index contributed by atoms with van der Waals surface area (Å²) in [6, 6.07) is 6.27. The van der Waals surface area contributed by atoms with E-state index >= 15 is 0 Å². The van der Waals surface area contributed by atoms with Gasteiger partial charge in [0.05, 0.1) is 5.69 Å². The van der Waals surface area contributed by atoms with Gasteiger partial charge in [-0.25, -0.2) is 18.2 Å². The third-order valence-electron chi connectivity index (χ3n) is 2.86. The van der Waals surface area contributed by atoms with Crippen LogP contribution in [-0.2, 0) is 0 Å². The molecule has 0 saturated heterocycles. The minimum Gasteiger partial charge on any atom is -0.505 e. The number of aryl methyl sites for hydroxylation is 1. The highest BCUT2D eigenvalue weighted by molar-refractivity contribution is 5.67. The lowest BCUT2D eigenvalue weighted by atomic mass is 10.1. The topological polar surface area (TPSA) is 53.4 Å². The summed E-state index contributed by atoms with van der Waals surface area (Å²) in [5.74, 6) is -0.657. The van der Waals surface area contributed by atoms with E-state index in [2.05, 4.69) is 4.98 Å². The second kappa shape index (κ2) is 5.50. The molecule has 1 unspecified atom stereocenters. The Kier molecular flexibility index (Phi) is 3.94. The molecule has 0 bridgehead atoms. The summed E-state index contributed by atoms with van der Waals surface area (Å²) < 4.78 is 37.9. The van der Waals surface area contributed by atoms with Crippen LogP contribution >= 0.6 is 0 Å². The van der Waals surface area contributed by atoms with Gasteiger partial charge in [0, 0.05) is 5.56 Å². The zero-order valence-electron chi connectivity index (χ0n) is 10.5. The number of halogens is 3. The van der Waals surface area contributed by atoms with Crippen LogP contribution in [0.4, 0.5) is 13.2 Å². The van der Waals surface area contributed by atoms with Crippen LogP contribution in [0.5, 0.6) is 5.75 Å². The number of hydrogen-bond acceptors (Lipinski definition) is 3. The summed E-state index contributed by atoms with van der Waals surface area (Å²) in [7, 11) is 0. The molecular formula is C14H12F3NO2. The van der Waals surface area contributed by atoms with Crippen molar-refractivity contribution >= 4 is 0 Å². The van der Waals surface area contributed by atoms with Gasteiger partial charge < -0.3 is 10.2 Å². The third kappa shape index (κ3) is 2.75. The van der Waals surface area contributed by atoms with Crippen molar-refractivity contribution < 1.29 is 23.4 Å². The van der Waals surface area contributed by atoms with Crippen molar-refractivity contribution in [2.45, 2.75) is 19.5 Å². The molecule has 1 aromatic heterocycles. The van der Waals surface area contributed by atoms with Gasteiger partial charge in [0.1, 0.15) is 17.3 Å². The number of benzene rings is 1. The van der Waals surface area contributed by atoms with Gasteiger partial charge in [-0.05, 0) is 42.8 Å². The summed E-state index contributed by atoms with van der Waals surface area (Å²) in [5, 5.41) is 19.3. The molecule has 20 heavy (non-hydrogen) atoms. The van der Waals surface area contributed by atoms with Crippen molar-refractivity contribution in [3.63, 3.8) is 0 Å². The number of hydrogen-bond donors (Lipinski definition) is 2. The smallest absolute Gasteiger partial charge is 0.269 e. The number of aromatic hydroxyl groups is 1. The van der Waals surface area contributed by atoms with Crippen molar-refractivity contribution in [1.29, 1.82) is 0 Å². The van der Waals surface area contributed by atoms with E-state index in [1.807, 2.05) is 0 Å². The monoisotopic (exact) mass is 283 g/mol. The number of nitrogens with zero attached hydrogens (tertiary/aromatic N) is 1. The molecule has 0 radical (unpaired) electrons. The Labute approximate surface area is 113 Å². The molecule has 0 aliphatic heterocycles. The molecule has 1 atom stereocenters. The van der Waals surface area contributed by atoms with Crippen molar-refractivity contribution in [2.24, 2.45) is 0 Å². The number of alkyl halides is 2. The molecular weight excluding hydrogens is 271 g/mol. The molecule has 3 nitrogen and oxygen atoms in total. The van der Waals surface area contributed by atoms with Crippen molar-refractivity contribution in [3.05, 3.63) is 47.4 Å². The summed E-state index contributed by atoms with van der Waals surface area (Å²) >= 11 is 0. The first-order valence-corrected chi connectivity index (χ1v) is 5.83. The fraction of sp³-hybridized carbons (Fsp3) is 0.214. The standard InChI is InChI=1S/C14H12F3NO2/c1-7-6-10(13(20)14(16)17)18-11(12(7)19)8-2-4-9(15)5-3-8/h2-6,13-14,19-20H,1H3. The van der Waals surface area contributed by atoms with Crippen LogP contribution in [-0.4, -0.2) is 21.6 Å². The number of pyridine rings is 1. The lowest BCUT2D eigenvalue weighted by molar-refractivity contribution is -0.00820. The second-order valence-corrected chi connectivity index (χ2v) is 4.35. The molecule has 1 aromatic carbocycles. The first-order valence-electron chi connectivity index (χ1n) is 5.83. The third-order valence-corrected chi connectivity index (χ3v) is 2.86. The quantitative estimate of drug-likeness (QED) is 0.909. The van der Waals surface area contributed by atoms with Crippen LogP contribution in [0.3, 0.4) is 0 Å². The van der Waals surface area contributed by atoms with E-state index in [4.69, 9.17) is 0 Å². The number of aromatic nitrogens is 1. The van der Waals surface area contributed by atoms with E-state index in [1.165, 1.54) is 37.3 Å². The molecule has 106 valence electrons. The first kappa shape index (κ1) is 14.3. The van der Waals surface area contributed by atoms with E-state index in [-0.39, 0.29) is 17.1 Å². The van der Waals surface area contributed by atoms with Gasteiger partial charge in [-0.1, -0.05) is 0 Å². The number of aliphatic hydroxyl groups is 1. The Morgan fingerprint density at radius 1 is 1.15 bits per heavy atom. The van der Waals surface area contributed by atoms with Gasteiger partial charge in [0.15, 0.2) is 6.10 Å². The minimum atomic E-state index is -2.98. The second-order valence-electron chi connectivity index (χ2n) is 4.35. The van der Waals surface area contributed by atoms with Crippen molar-refractivity contribution in [1.82, 2.24) is 4.98 Å². The van der Waals surface area contributed by atoms with E-state index in [0.29, 0.717) is 11.1 Å². The molecule has 0 aliphatic rings. The molecule has 2 aromatic rings. The fourth-order valence-corrected chi connectivity index (χ4v) is 1.78. The summed E-state index contributed by atoms with van der Waals surface area (Å²) in [6.07, 6.45) is -5.01. The zero-order chi connectivity index (χ0) is 14.9. The summed E-state index contributed by atoms with van der Waals surface area (Å²) in [5.41, 5.74) is 0.457. The normalized spacial score (nSPS) is 12.7. The fourth-order valence-electron chi connectivity index (χ4n) is 1.78. The average molecular weight is 283 g/mol. The highest BCUT2D eigenvalue weighted by Crippen LogP contribution is 2.33. The van der Waals surface area contributed by atoms with E-state index < -0.39 is 18.3 Å². The van der Waals surface area contributed by atoms with E-state index in [1.54, 1.807) is 0 Å². The lowest BCUT2D eigenvalue weighted by Crippen LogP contribution is -2.10. The van der Waals surface area contributed by atoms with Crippen LogP contribution in [0.15, 0.2) is 30.3 Å². The average Bonchev–Trinajstić information content (AvgIpc) is 2.42. The maximum absolute atomic E-state index is 12.9. The maximum atomic E-state index is 12.9. The zero-order valence-corrected chi connectivity index (χ0v) is 10.5. The molecule has 6 heteroatoms. The Bertz CT molecular complexity index is 615. The lowest BCUT2D eigenvalue weighted by Gasteiger charge is -2.13. The molecule has 2 N–H and O–H groups in total. The Hall–Kier alpha value is -2.08. The molecule has 1 heterocycles. The van der Waals surface area contributed by atoms with Crippen LogP contribution in [0, 0.1) is 12.7 Å². The van der Waals surface area contributed by atoms with Gasteiger partial charge in [0.25, 0.3) is 6.43 Å². The first-order chi connectivity index (χ1) is 9.40. The van der Waals surface area contributed by atoms with Crippen molar-refractivity contribution in [2.75, 3.05) is 0 Å². The van der Waals surface area contributed by atoms with Gasteiger partial charge in [-0.15, -0.1) is 0 Å². The molecule has 0 aliphatic carbocycles. The highest BCUT2D eigenvalue weighted by Gasteiger charge is 2.23. The van der Waals surface area contributed by atoms with Crippen LogP contribution in [0.1, 0.15) is 17.4 Å². The van der Waals surface area contributed by atoms with Crippen LogP contribution in [0.25, 0.3) is 11.3 Å². The Morgan fingerprint density at radius 3 is 2.30 bits per heavy atom. The summed E-state index contributed by atoms with van der Waals surface area (Å²) in [6.45, 7) is 1.51. The predicted octanol–water partition coefficient (Wildman–Crippen LogP) is 3.20. The van der Waals surface area contributed by atoms with E-state index in [9.17, 15) is 23.4 Å². The van der Waals surface area contributed by atoms with Crippen molar-refractivity contribution in [3.8, 4) is 17.0 Å².